The summed E-state index contributed by atoms with van der Waals surface area (Å²) in [5.74, 6) is 2.22. The van der Waals surface area contributed by atoms with Crippen molar-refractivity contribution in [1.82, 2.24) is 0 Å². The van der Waals surface area contributed by atoms with E-state index in [9.17, 15) is 9.90 Å². The molecule has 2 heteroatoms. The Hall–Kier alpha value is -0.370. The summed E-state index contributed by atoms with van der Waals surface area (Å²) in [7, 11) is 0. The Morgan fingerprint density at radius 2 is 1.81 bits per heavy atom. The van der Waals surface area contributed by atoms with Gasteiger partial charge in [0.2, 0.25) is 0 Å². The lowest BCUT2D eigenvalue weighted by molar-refractivity contribution is -0.197. The minimum atomic E-state index is -0.411. The van der Waals surface area contributed by atoms with Crippen LogP contribution < -0.4 is 0 Å². The number of carbonyl (C=O) groups excluding carboxylic acids is 1. The highest BCUT2D eigenvalue weighted by Gasteiger charge is 2.64. The maximum absolute atomic E-state index is 11.9. The summed E-state index contributed by atoms with van der Waals surface area (Å²) >= 11 is 0. The molecule has 4 rings (SSSR count). The number of aliphatic hydroxyl groups is 1. The first kappa shape index (κ1) is 14.2. The molecule has 0 aromatic heterocycles. The molecule has 6 atom stereocenters. The van der Waals surface area contributed by atoms with E-state index in [0.717, 1.165) is 32.1 Å². The zero-order chi connectivity index (χ0) is 14.9. The van der Waals surface area contributed by atoms with E-state index in [0.29, 0.717) is 29.0 Å². The van der Waals surface area contributed by atoms with Crippen molar-refractivity contribution in [3.05, 3.63) is 0 Å². The minimum absolute atomic E-state index is 0.169. The zero-order valence-corrected chi connectivity index (χ0v) is 13.7. The van der Waals surface area contributed by atoms with E-state index >= 15 is 0 Å². The van der Waals surface area contributed by atoms with Crippen molar-refractivity contribution < 1.29 is 9.90 Å². The smallest absolute Gasteiger partial charge is 0.133 e. The number of carbonyl (C=O) groups is 1. The van der Waals surface area contributed by atoms with Crippen molar-refractivity contribution in [1.29, 1.82) is 0 Å². The molecule has 0 aliphatic heterocycles. The van der Waals surface area contributed by atoms with E-state index in [-0.39, 0.29) is 5.41 Å². The lowest BCUT2D eigenvalue weighted by Gasteiger charge is -2.62. The third-order valence-electron chi connectivity index (χ3n) is 8.46. The molecule has 0 saturated heterocycles. The fraction of sp³-hybridized carbons (Fsp3) is 0.947. The Morgan fingerprint density at radius 3 is 2.62 bits per heavy atom. The Labute approximate surface area is 128 Å². The SMILES string of the molecule is C[C@]12CCC(=O)C[C@@H]1CC[C@@H]1[C@H]2CC[C@]2(C)CCC[C@@]12O. The van der Waals surface area contributed by atoms with Crippen molar-refractivity contribution >= 4 is 5.78 Å². The van der Waals surface area contributed by atoms with Crippen molar-refractivity contribution in [2.24, 2.45) is 28.6 Å². The lowest BCUT2D eigenvalue weighted by Crippen LogP contribution is -2.61. The molecule has 4 fully saturated rings. The largest absolute Gasteiger partial charge is 0.389 e. The van der Waals surface area contributed by atoms with Crippen molar-refractivity contribution in [2.75, 3.05) is 0 Å². The van der Waals surface area contributed by atoms with E-state index in [1.807, 2.05) is 0 Å². The Kier molecular flexibility index (Phi) is 2.94. The summed E-state index contributed by atoms with van der Waals surface area (Å²) in [6.07, 6.45) is 10.9. The van der Waals surface area contributed by atoms with Gasteiger partial charge in [-0.3, -0.25) is 4.79 Å². The molecule has 118 valence electrons. The van der Waals surface area contributed by atoms with Gasteiger partial charge in [0.25, 0.3) is 0 Å². The van der Waals surface area contributed by atoms with Crippen LogP contribution in [0.3, 0.4) is 0 Å². The van der Waals surface area contributed by atoms with Crippen LogP contribution >= 0.6 is 0 Å². The second-order valence-corrected chi connectivity index (χ2v) is 9.11. The number of rotatable bonds is 0. The van der Waals surface area contributed by atoms with E-state index in [1.54, 1.807) is 0 Å². The van der Waals surface area contributed by atoms with E-state index in [4.69, 9.17) is 0 Å². The standard InChI is InChI=1S/C19H30O2/c1-17-8-3-9-19(17,21)16-5-4-13-12-14(20)6-11-18(13,2)15(16)7-10-17/h13,15-16,21H,3-12H2,1-2H3/t13-,15+,16+,17-,18-,19+/m0/s1. The van der Waals surface area contributed by atoms with Crippen LogP contribution in [0.4, 0.5) is 0 Å². The number of ketones is 1. The highest BCUT2D eigenvalue weighted by Crippen LogP contribution is 2.67. The van der Waals surface area contributed by atoms with Gasteiger partial charge in [0.05, 0.1) is 5.60 Å². The van der Waals surface area contributed by atoms with Crippen LogP contribution in [-0.4, -0.2) is 16.5 Å². The molecule has 0 aromatic carbocycles. The number of hydrogen-bond donors (Lipinski definition) is 1. The molecule has 0 aromatic rings. The first-order valence-corrected chi connectivity index (χ1v) is 9.13. The first-order valence-electron chi connectivity index (χ1n) is 9.13. The van der Waals surface area contributed by atoms with Crippen molar-refractivity contribution in [2.45, 2.75) is 83.7 Å². The van der Waals surface area contributed by atoms with Gasteiger partial charge in [-0.05, 0) is 80.0 Å². The van der Waals surface area contributed by atoms with E-state index < -0.39 is 5.60 Å². The first-order chi connectivity index (χ1) is 9.89. The predicted molar refractivity (Wildman–Crippen MR) is 82.8 cm³/mol. The minimum Gasteiger partial charge on any atom is -0.389 e. The van der Waals surface area contributed by atoms with Gasteiger partial charge < -0.3 is 5.11 Å². The normalized spacial score (nSPS) is 56.5. The number of Topliss-reactive ketones (excluding diaryl/α,β-unsaturated/α-hetero) is 1. The molecule has 4 saturated carbocycles. The average Bonchev–Trinajstić information content (AvgIpc) is 2.75. The van der Waals surface area contributed by atoms with Crippen molar-refractivity contribution in [3.63, 3.8) is 0 Å². The summed E-state index contributed by atoms with van der Waals surface area (Å²) in [5.41, 5.74) is 0.0731. The molecule has 2 nitrogen and oxygen atoms in total. The molecular weight excluding hydrogens is 260 g/mol. The van der Waals surface area contributed by atoms with Crippen LogP contribution in [-0.2, 0) is 4.79 Å². The number of hydrogen-bond acceptors (Lipinski definition) is 2. The van der Waals surface area contributed by atoms with E-state index in [2.05, 4.69) is 13.8 Å². The van der Waals surface area contributed by atoms with Gasteiger partial charge in [-0.15, -0.1) is 0 Å². The van der Waals surface area contributed by atoms with Crippen molar-refractivity contribution in [3.8, 4) is 0 Å². The van der Waals surface area contributed by atoms with Crippen LogP contribution in [0.25, 0.3) is 0 Å². The highest BCUT2D eigenvalue weighted by atomic mass is 16.3. The van der Waals surface area contributed by atoms with Crippen LogP contribution in [0.1, 0.15) is 78.1 Å². The Balaban J connectivity index is 1.69. The zero-order valence-electron chi connectivity index (χ0n) is 13.7. The van der Waals surface area contributed by atoms with Crippen LogP contribution in [0, 0.1) is 28.6 Å². The summed E-state index contributed by atoms with van der Waals surface area (Å²) in [6, 6.07) is 0. The molecule has 21 heavy (non-hydrogen) atoms. The summed E-state index contributed by atoms with van der Waals surface area (Å²) in [6.45, 7) is 4.79. The topological polar surface area (TPSA) is 37.3 Å². The molecule has 4 aliphatic carbocycles. The van der Waals surface area contributed by atoms with Crippen LogP contribution in [0.15, 0.2) is 0 Å². The molecule has 0 bridgehead atoms. The molecular formula is C19H30O2. The molecule has 0 spiro atoms. The fourth-order valence-corrected chi connectivity index (χ4v) is 7.00. The fourth-order valence-electron chi connectivity index (χ4n) is 7.00. The predicted octanol–water partition coefficient (Wildman–Crippen LogP) is 4.10. The Bertz CT molecular complexity index is 472. The average molecular weight is 290 g/mol. The van der Waals surface area contributed by atoms with Crippen LogP contribution in [0.5, 0.6) is 0 Å². The molecule has 1 N–H and O–H groups in total. The Morgan fingerprint density at radius 1 is 1.00 bits per heavy atom. The van der Waals surface area contributed by atoms with Crippen LogP contribution in [0.2, 0.25) is 0 Å². The monoisotopic (exact) mass is 290 g/mol. The molecule has 0 heterocycles. The second-order valence-electron chi connectivity index (χ2n) is 9.11. The van der Waals surface area contributed by atoms with Gasteiger partial charge >= 0.3 is 0 Å². The summed E-state index contributed by atoms with van der Waals surface area (Å²) in [5, 5.41) is 11.6. The van der Waals surface area contributed by atoms with E-state index in [1.165, 1.54) is 32.1 Å². The molecule has 4 aliphatic rings. The van der Waals surface area contributed by atoms with Gasteiger partial charge in [0.15, 0.2) is 0 Å². The highest BCUT2D eigenvalue weighted by molar-refractivity contribution is 5.79. The third kappa shape index (κ3) is 1.72. The van der Waals surface area contributed by atoms with Gasteiger partial charge in [-0.2, -0.15) is 0 Å². The molecule has 0 radical (unpaired) electrons. The third-order valence-corrected chi connectivity index (χ3v) is 8.46. The van der Waals surface area contributed by atoms with Gasteiger partial charge in [0.1, 0.15) is 5.78 Å². The molecule has 0 amide bonds. The maximum atomic E-state index is 11.9. The quantitative estimate of drug-likeness (QED) is 0.729. The second kappa shape index (κ2) is 4.34. The summed E-state index contributed by atoms with van der Waals surface area (Å²) < 4.78 is 0. The van der Waals surface area contributed by atoms with Gasteiger partial charge in [-0.1, -0.05) is 13.8 Å². The maximum Gasteiger partial charge on any atom is 0.133 e. The lowest BCUT2D eigenvalue weighted by atomic mass is 9.44. The summed E-state index contributed by atoms with van der Waals surface area (Å²) in [4.78, 5) is 11.9. The van der Waals surface area contributed by atoms with Gasteiger partial charge in [0, 0.05) is 12.8 Å². The van der Waals surface area contributed by atoms with Gasteiger partial charge in [-0.25, -0.2) is 0 Å². The molecule has 0 unspecified atom stereocenters. The number of fused-ring (bicyclic) bond motifs is 5.